The molecule has 1 aliphatic rings. The van der Waals surface area contributed by atoms with Crippen LogP contribution in [0.15, 0.2) is 36.4 Å². The van der Waals surface area contributed by atoms with E-state index in [0.717, 1.165) is 12.0 Å². The molecule has 0 spiro atoms. The highest BCUT2D eigenvalue weighted by molar-refractivity contribution is 6.10. The molecule has 2 heterocycles. The molecule has 2 aromatic rings. The van der Waals surface area contributed by atoms with Gasteiger partial charge in [0.05, 0.1) is 18.9 Å². The van der Waals surface area contributed by atoms with Gasteiger partial charge in [0.15, 0.2) is 0 Å². The van der Waals surface area contributed by atoms with Crippen molar-refractivity contribution < 1.29 is 23.9 Å². The summed E-state index contributed by atoms with van der Waals surface area (Å²) in [4.78, 5) is 39.2. The summed E-state index contributed by atoms with van der Waals surface area (Å²) in [7, 11) is 0. The summed E-state index contributed by atoms with van der Waals surface area (Å²) in [6.07, 6.45) is 1.70. The maximum atomic E-state index is 13.2. The molecule has 0 amide bonds. The van der Waals surface area contributed by atoms with Crippen molar-refractivity contribution in [1.82, 2.24) is 4.57 Å². The summed E-state index contributed by atoms with van der Waals surface area (Å²) < 4.78 is 12.4. The van der Waals surface area contributed by atoms with Gasteiger partial charge in [0, 0.05) is 17.8 Å². The molecule has 1 aromatic heterocycles. The van der Waals surface area contributed by atoms with Crippen molar-refractivity contribution in [1.29, 1.82) is 0 Å². The number of ether oxygens (including phenoxy) is 2. The molecule has 3 rings (SSSR count). The Balaban J connectivity index is 2.12. The molecule has 0 aliphatic carbocycles. The third kappa shape index (κ3) is 3.71. The van der Waals surface area contributed by atoms with Crippen LogP contribution in [0.5, 0.6) is 0 Å². The topological polar surface area (TPSA) is 74.6 Å². The van der Waals surface area contributed by atoms with Crippen molar-refractivity contribution in [3.05, 3.63) is 58.9 Å². The average molecular weight is 397 g/mol. The van der Waals surface area contributed by atoms with Crippen LogP contribution in [-0.4, -0.2) is 35.5 Å². The summed E-state index contributed by atoms with van der Waals surface area (Å²) in [5.41, 5.74) is 1.03. The van der Waals surface area contributed by atoms with E-state index in [1.165, 1.54) is 0 Å². The zero-order chi connectivity index (χ0) is 21.0. The minimum atomic E-state index is -1.55. The van der Waals surface area contributed by atoms with Crippen LogP contribution in [0.1, 0.15) is 60.4 Å². The molecule has 0 radical (unpaired) electrons. The molecule has 1 aromatic carbocycles. The highest BCUT2D eigenvalue weighted by Crippen LogP contribution is 2.38. The Morgan fingerprint density at radius 2 is 1.55 bits per heavy atom. The maximum absolute atomic E-state index is 13.2. The zero-order valence-corrected chi connectivity index (χ0v) is 17.2. The van der Waals surface area contributed by atoms with Crippen LogP contribution in [0.25, 0.3) is 0 Å². The highest BCUT2D eigenvalue weighted by atomic mass is 16.6. The van der Waals surface area contributed by atoms with E-state index in [1.54, 1.807) is 42.7 Å². The molecule has 6 heteroatoms. The molecular formula is C23H27NO5. The van der Waals surface area contributed by atoms with E-state index in [-0.39, 0.29) is 19.0 Å². The van der Waals surface area contributed by atoms with Gasteiger partial charge >= 0.3 is 11.9 Å². The molecule has 0 unspecified atom stereocenters. The molecule has 0 saturated heterocycles. The third-order valence-electron chi connectivity index (χ3n) is 5.40. The summed E-state index contributed by atoms with van der Waals surface area (Å²) in [6, 6.07) is 10.7. The van der Waals surface area contributed by atoms with E-state index < -0.39 is 17.4 Å². The largest absolute Gasteiger partial charge is 0.465 e. The third-order valence-corrected chi connectivity index (χ3v) is 5.40. The Hall–Kier alpha value is -2.89. The second kappa shape index (κ2) is 8.64. The average Bonchev–Trinajstić information content (AvgIpc) is 3.03. The van der Waals surface area contributed by atoms with Crippen molar-refractivity contribution in [2.45, 2.75) is 52.0 Å². The van der Waals surface area contributed by atoms with E-state index in [4.69, 9.17) is 9.47 Å². The fourth-order valence-electron chi connectivity index (χ4n) is 3.93. The minimum absolute atomic E-state index is 0.139. The van der Waals surface area contributed by atoms with Crippen LogP contribution in [0.3, 0.4) is 0 Å². The van der Waals surface area contributed by atoms with Crippen molar-refractivity contribution >= 4 is 17.7 Å². The van der Waals surface area contributed by atoms with Gasteiger partial charge in [-0.25, -0.2) is 0 Å². The summed E-state index contributed by atoms with van der Waals surface area (Å²) >= 11 is 0. The Labute approximate surface area is 170 Å². The number of ketones is 1. The van der Waals surface area contributed by atoms with Crippen molar-refractivity contribution in [3.63, 3.8) is 0 Å². The molecule has 6 nitrogen and oxygen atoms in total. The summed E-state index contributed by atoms with van der Waals surface area (Å²) in [5, 5.41) is 0. The number of aromatic nitrogens is 1. The predicted octanol–water partition coefficient (Wildman–Crippen LogP) is 3.58. The van der Waals surface area contributed by atoms with E-state index in [2.05, 4.69) is 0 Å². The monoisotopic (exact) mass is 397 g/mol. The molecule has 154 valence electrons. The summed E-state index contributed by atoms with van der Waals surface area (Å²) in [5.74, 6) is -1.37. The Kier molecular flexibility index (Phi) is 6.20. The Morgan fingerprint density at radius 3 is 2.14 bits per heavy atom. The quantitative estimate of drug-likeness (QED) is 0.423. The number of esters is 2. The Morgan fingerprint density at radius 1 is 0.931 bits per heavy atom. The first kappa shape index (κ1) is 20.8. The maximum Gasteiger partial charge on any atom is 0.329 e. The number of hydrogen-bond acceptors (Lipinski definition) is 5. The van der Waals surface area contributed by atoms with Gasteiger partial charge in [0.25, 0.3) is 0 Å². The van der Waals surface area contributed by atoms with Gasteiger partial charge in [-0.3, -0.25) is 14.4 Å². The van der Waals surface area contributed by atoms with Crippen LogP contribution in [0.4, 0.5) is 0 Å². The number of carbonyl (C=O) groups is 3. The lowest BCUT2D eigenvalue weighted by Crippen LogP contribution is -2.47. The lowest BCUT2D eigenvalue weighted by atomic mass is 9.80. The minimum Gasteiger partial charge on any atom is -0.465 e. The number of hydrogen-bond donors (Lipinski definition) is 0. The molecule has 0 N–H and O–H groups in total. The van der Waals surface area contributed by atoms with Crippen molar-refractivity contribution in [3.8, 4) is 0 Å². The van der Waals surface area contributed by atoms with Gasteiger partial charge in [0.2, 0.25) is 11.2 Å². The Bertz CT molecular complexity index is 892. The lowest BCUT2D eigenvalue weighted by molar-refractivity contribution is -0.165. The number of rotatable bonds is 6. The van der Waals surface area contributed by atoms with Gasteiger partial charge in [-0.1, -0.05) is 29.8 Å². The van der Waals surface area contributed by atoms with Gasteiger partial charge < -0.3 is 14.0 Å². The second-order valence-corrected chi connectivity index (χ2v) is 7.25. The number of fused-ring (bicyclic) bond motifs is 1. The van der Waals surface area contributed by atoms with Gasteiger partial charge in [-0.05, 0) is 52.2 Å². The molecule has 0 fully saturated rings. The van der Waals surface area contributed by atoms with Crippen LogP contribution >= 0.6 is 0 Å². The molecular weight excluding hydrogens is 370 g/mol. The number of nitrogens with zero attached hydrogens (tertiary/aromatic N) is 1. The van der Waals surface area contributed by atoms with Gasteiger partial charge in [0.1, 0.15) is 0 Å². The van der Waals surface area contributed by atoms with E-state index in [1.807, 2.05) is 19.1 Å². The normalized spacial score (nSPS) is 15.1. The van der Waals surface area contributed by atoms with Crippen molar-refractivity contribution in [2.24, 2.45) is 0 Å². The predicted molar refractivity (Wildman–Crippen MR) is 108 cm³/mol. The first-order valence-electron chi connectivity index (χ1n) is 10.1. The van der Waals surface area contributed by atoms with E-state index in [9.17, 15) is 14.4 Å². The molecule has 0 bridgehead atoms. The SMILES string of the molecule is CCOC(=O)C1(C(=O)OCC)CCCCn2c(C(=O)c3ccc(C)cc3)ccc21. The molecule has 29 heavy (non-hydrogen) atoms. The fourth-order valence-corrected chi connectivity index (χ4v) is 3.93. The van der Waals surface area contributed by atoms with E-state index in [0.29, 0.717) is 36.3 Å². The van der Waals surface area contributed by atoms with Crippen LogP contribution in [0.2, 0.25) is 0 Å². The molecule has 0 atom stereocenters. The lowest BCUT2D eigenvalue weighted by Gasteiger charge is -2.28. The first-order chi connectivity index (χ1) is 14.0. The molecule has 0 saturated carbocycles. The standard InChI is InChI=1S/C23H27NO5/c1-4-28-21(26)23(22(27)29-5-2)14-6-7-15-24-18(12-13-19(23)24)20(25)17-10-8-16(3)9-11-17/h8-13H,4-7,14-15H2,1-3H3. The van der Waals surface area contributed by atoms with Crippen molar-refractivity contribution in [2.75, 3.05) is 13.2 Å². The van der Waals surface area contributed by atoms with Gasteiger partial charge in [-0.15, -0.1) is 0 Å². The summed E-state index contributed by atoms with van der Waals surface area (Å²) in [6.45, 7) is 6.25. The number of benzene rings is 1. The van der Waals surface area contributed by atoms with Crippen LogP contribution < -0.4 is 0 Å². The van der Waals surface area contributed by atoms with Crippen LogP contribution in [-0.2, 0) is 31.0 Å². The fraction of sp³-hybridized carbons (Fsp3) is 0.435. The zero-order valence-electron chi connectivity index (χ0n) is 17.2. The first-order valence-corrected chi connectivity index (χ1v) is 10.1. The second-order valence-electron chi connectivity index (χ2n) is 7.25. The smallest absolute Gasteiger partial charge is 0.329 e. The molecule has 1 aliphatic heterocycles. The highest BCUT2D eigenvalue weighted by Gasteiger charge is 2.53. The number of aryl methyl sites for hydroxylation is 1. The van der Waals surface area contributed by atoms with E-state index >= 15 is 0 Å². The van der Waals surface area contributed by atoms with Crippen LogP contribution in [0, 0.1) is 6.92 Å². The number of carbonyl (C=O) groups excluding carboxylic acids is 3. The van der Waals surface area contributed by atoms with Gasteiger partial charge in [-0.2, -0.15) is 0 Å².